The molecule has 0 aromatic carbocycles. The van der Waals surface area contributed by atoms with Gasteiger partial charge in [0.15, 0.2) is 0 Å². The summed E-state index contributed by atoms with van der Waals surface area (Å²) < 4.78 is 14.0. The van der Waals surface area contributed by atoms with Gasteiger partial charge in [-0.05, 0) is 91.1 Å². The summed E-state index contributed by atoms with van der Waals surface area (Å²) in [5, 5.41) is 7.97. The Hall–Kier alpha value is 0.0569. The van der Waals surface area contributed by atoms with Gasteiger partial charge in [0.05, 0.1) is 12.2 Å². The normalized spacial score (nSPS) is 46.8. The van der Waals surface area contributed by atoms with Crippen molar-refractivity contribution >= 4 is 8.56 Å². The van der Waals surface area contributed by atoms with Crippen LogP contribution in [0, 0.1) is 11.8 Å². The molecular weight excluding hydrogens is 400 g/mol. The van der Waals surface area contributed by atoms with Gasteiger partial charge in [0.1, 0.15) is 0 Å². The minimum Gasteiger partial charge on any atom is -0.391 e. The van der Waals surface area contributed by atoms with Crippen molar-refractivity contribution in [1.29, 1.82) is 0 Å². The van der Waals surface area contributed by atoms with Crippen LogP contribution in [-0.4, -0.2) is 42.9 Å². The van der Waals surface area contributed by atoms with Crippen LogP contribution in [-0.2, 0) is 8.85 Å². The van der Waals surface area contributed by atoms with Crippen LogP contribution in [0.5, 0.6) is 0 Å². The largest absolute Gasteiger partial charge is 0.391 e. The summed E-state index contributed by atoms with van der Waals surface area (Å²) in [5.74, 6) is 0.916. The summed E-state index contributed by atoms with van der Waals surface area (Å²) in [6.07, 6.45) is 7.06. The Morgan fingerprint density at radius 3 is 1.26 bits per heavy atom. The Labute approximate surface area is 195 Å². The van der Waals surface area contributed by atoms with Crippen LogP contribution in [0.3, 0.4) is 0 Å². The van der Waals surface area contributed by atoms with Crippen molar-refractivity contribution in [2.75, 3.05) is 0 Å². The lowest BCUT2D eigenvalue weighted by Crippen LogP contribution is -2.68. The monoisotopic (exact) mass is 454 g/mol. The molecular formula is C26H54N2O2Si. The first kappa shape index (κ1) is 27.3. The van der Waals surface area contributed by atoms with Gasteiger partial charge in [0, 0.05) is 22.2 Å². The fourth-order valence-electron chi connectivity index (χ4n) is 6.10. The standard InChI is InChI=1S/C26H54N2O2Si/c1-13-23(7)17-21(19(5)25(9,15-3)27-23)29-31(11,12)30-22-18-24(8,14-2)28-26(10,16-4)20(22)6/h19-22,27-28H,13-18H2,1-12H3. The summed E-state index contributed by atoms with van der Waals surface area (Å²) in [6.45, 7) is 28.0. The molecule has 2 rings (SSSR count). The predicted octanol–water partition coefficient (Wildman–Crippen LogP) is 6.39. The Bertz CT molecular complexity index is 566. The third-order valence-corrected chi connectivity index (χ3v) is 11.2. The van der Waals surface area contributed by atoms with Crippen molar-refractivity contribution in [3.63, 3.8) is 0 Å². The van der Waals surface area contributed by atoms with Crippen LogP contribution < -0.4 is 10.6 Å². The van der Waals surface area contributed by atoms with Gasteiger partial charge in [-0.25, -0.2) is 0 Å². The van der Waals surface area contributed by atoms with Gasteiger partial charge in [0.2, 0.25) is 0 Å². The topological polar surface area (TPSA) is 42.5 Å². The molecule has 2 aliphatic rings. The molecule has 5 heteroatoms. The van der Waals surface area contributed by atoms with Crippen molar-refractivity contribution in [2.45, 2.75) is 155 Å². The molecule has 0 aromatic heterocycles. The molecule has 2 N–H and O–H groups in total. The molecule has 2 saturated heterocycles. The zero-order chi connectivity index (χ0) is 23.9. The maximum atomic E-state index is 7.00. The van der Waals surface area contributed by atoms with Crippen LogP contribution in [0.2, 0.25) is 13.1 Å². The molecule has 8 atom stereocenters. The molecule has 0 bridgehead atoms. The molecule has 184 valence electrons. The van der Waals surface area contributed by atoms with E-state index in [1.54, 1.807) is 0 Å². The van der Waals surface area contributed by atoms with Crippen LogP contribution in [0.25, 0.3) is 0 Å². The second-order valence-electron chi connectivity index (χ2n) is 12.3. The SMILES string of the molecule is CCC1(C)CC(O[Si](C)(C)OC2CC(C)(CC)NC(C)(CC)C2C)C(C)C(C)(CC)N1. The smallest absolute Gasteiger partial charge is 0.332 e. The lowest BCUT2D eigenvalue weighted by molar-refractivity contribution is -0.0619. The zero-order valence-electron chi connectivity index (χ0n) is 22.9. The molecule has 0 saturated carbocycles. The fourth-order valence-corrected chi connectivity index (χ4v) is 8.19. The van der Waals surface area contributed by atoms with E-state index < -0.39 is 8.56 Å². The van der Waals surface area contributed by atoms with Crippen molar-refractivity contribution in [2.24, 2.45) is 11.8 Å². The molecule has 0 aromatic rings. The first-order valence-electron chi connectivity index (χ1n) is 13.0. The fraction of sp³-hybridized carbons (Fsp3) is 1.00. The average molecular weight is 455 g/mol. The van der Waals surface area contributed by atoms with E-state index in [1.165, 1.54) is 0 Å². The van der Waals surface area contributed by atoms with Gasteiger partial charge < -0.3 is 19.5 Å². The van der Waals surface area contributed by atoms with E-state index in [4.69, 9.17) is 8.85 Å². The summed E-state index contributed by atoms with van der Waals surface area (Å²) in [6, 6.07) is 0. The number of hydrogen-bond acceptors (Lipinski definition) is 4. The van der Waals surface area contributed by atoms with E-state index in [-0.39, 0.29) is 34.4 Å². The Kier molecular flexibility index (Phi) is 8.25. The maximum absolute atomic E-state index is 7.00. The Balaban J connectivity index is 2.22. The summed E-state index contributed by atoms with van der Waals surface area (Å²) >= 11 is 0. The Morgan fingerprint density at radius 1 is 0.677 bits per heavy atom. The molecule has 0 aliphatic carbocycles. The lowest BCUT2D eigenvalue weighted by Gasteiger charge is -2.56. The summed E-state index contributed by atoms with van der Waals surface area (Å²) in [5.41, 5.74) is 0.440. The van der Waals surface area contributed by atoms with Gasteiger partial charge in [0.25, 0.3) is 0 Å². The first-order chi connectivity index (χ1) is 14.1. The molecule has 2 aliphatic heterocycles. The van der Waals surface area contributed by atoms with Gasteiger partial charge >= 0.3 is 8.56 Å². The quantitative estimate of drug-likeness (QED) is 0.417. The number of nitrogens with one attached hydrogen (secondary N) is 2. The molecule has 4 nitrogen and oxygen atoms in total. The van der Waals surface area contributed by atoms with Gasteiger partial charge in [-0.2, -0.15) is 0 Å². The van der Waals surface area contributed by atoms with Crippen LogP contribution in [0.4, 0.5) is 0 Å². The second-order valence-corrected chi connectivity index (χ2v) is 15.6. The van der Waals surface area contributed by atoms with Crippen molar-refractivity contribution < 1.29 is 8.85 Å². The van der Waals surface area contributed by atoms with E-state index in [2.05, 4.69) is 93.0 Å². The number of hydrogen-bond donors (Lipinski definition) is 2. The zero-order valence-corrected chi connectivity index (χ0v) is 23.9. The lowest BCUT2D eigenvalue weighted by atomic mass is 9.70. The highest BCUT2D eigenvalue weighted by atomic mass is 28.4. The van der Waals surface area contributed by atoms with Crippen molar-refractivity contribution in [1.82, 2.24) is 10.6 Å². The highest BCUT2D eigenvalue weighted by molar-refractivity contribution is 6.64. The molecule has 0 amide bonds. The highest BCUT2D eigenvalue weighted by Gasteiger charge is 2.51. The summed E-state index contributed by atoms with van der Waals surface area (Å²) in [7, 11) is -2.32. The molecule has 0 radical (unpaired) electrons. The molecule has 2 heterocycles. The summed E-state index contributed by atoms with van der Waals surface area (Å²) in [4.78, 5) is 0. The van der Waals surface area contributed by atoms with E-state index in [0.717, 1.165) is 38.5 Å². The van der Waals surface area contributed by atoms with Crippen molar-refractivity contribution in [3.05, 3.63) is 0 Å². The van der Waals surface area contributed by atoms with Gasteiger partial charge in [-0.1, -0.05) is 41.5 Å². The molecule has 2 fully saturated rings. The maximum Gasteiger partial charge on any atom is 0.332 e. The van der Waals surface area contributed by atoms with E-state index >= 15 is 0 Å². The van der Waals surface area contributed by atoms with Crippen LogP contribution in [0.15, 0.2) is 0 Å². The highest BCUT2D eigenvalue weighted by Crippen LogP contribution is 2.42. The minimum atomic E-state index is -2.32. The van der Waals surface area contributed by atoms with E-state index in [9.17, 15) is 0 Å². The number of piperidine rings is 2. The third-order valence-electron chi connectivity index (χ3n) is 9.50. The van der Waals surface area contributed by atoms with Crippen LogP contribution >= 0.6 is 0 Å². The van der Waals surface area contributed by atoms with Crippen LogP contribution in [0.1, 0.15) is 108 Å². The first-order valence-corrected chi connectivity index (χ1v) is 15.9. The second kappa shape index (κ2) is 9.36. The molecule has 0 spiro atoms. The number of rotatable bonds is 8. The van der Waals surface area contributed by atoms with Gasteiger partial charge in [-0.3, -0.25) is 0 Å². The van der Waals surface area contributed by atoms with Crippen molar-refractivity contribution in [3.8, 4) is 0 Å². The molecule has 8 unspecified atom stereocenters. The van der Waals surface area contributed by atoms with E-state index in [1.807, 2.05) is 0 Å². The Morgan fingerprint density at radius 2 is 1.00 bits per heavy atom. The average Bonchev–Trinajstić information content (AvgIpc) is 2.69. The minimum absolute atomic E-state index is 0.0990. The predicted molar refractivity (Wildman–Crippen MR) is 136 cm³/mol. The van der Waals surface area contributed by atoms with E-state index in [0.29, 0.717) is 11.8 Å². The molecule has 31 heavy (non-hydrogen) atoms. The van der Waals surface area contributed by atoms with Gasteiger partial charge in [-0.15, -0.1) is 0 Å². The third kappa shape index (κ3) is 5.77.